The first-order chi connectivity index (χ1) is 8.13. The molecule has 0 heterocycles. The summed E-state index contributed by atoms with van der Waals surface area (Å²) in [6.07, 6.45) is 0.295. The summed E-state index contributed by atoms with van der Waals surface area (Å²) in [4.78, 5) is 0. The van der Waals surface area contributed by atoms with Crippen LogP contribution in [0.4, 0.5) is 0 Å². The summed E-state index contributed by atoms with van der Waals surface area (Å²) in [6.45, 7) is 4.28. The quantitative estimate of drug-likeness (QED) is 0.777. The highest BCUT2D eigenvalue weighted by Crippen LogP contribution is 2.07. The minimum Gasteiger partial charge on any atom is -0.379 e. The fraction of sp³-hybridized carbons (Fsp3) is 0.467. The molecular formula is C15H21NO. The van der Waals surface area contributed by atoms with Gasteiger partial charge in [0.15, 0.2) is 0 Å². The summed E-state index contributed by atoms with van der Waals surface area (Å²) in [5.74, 6) is 6.43. The topological polar surface area (TPSA) is 32.3 Å². The molecule has 92 valence electrons. The molecule has 0 aliphatic heterocycles. The van der Waals surface area contributed by atoms with Crippen LogP contribution in [0.25, 0.3) is 0 Å². The third-order valence-electron chi connectivity index (χ3n) is 2.62. The lowest BCUT2D eigenvalue weighted by molar-refractivity contribution is 0.171. The summed E-state index contributed by atoms with van der Waals surface area (Å²) >= 11 is 0. The largest absolute Gasteiger partial charge is 0.379 e. The van der Waals surface area contributed by atoms with E-state index in [1.165, 1.54) is 0 Å². The number of nitrogens with one attached hydrogen (secondary N) is 1. The van der Waals surface area contributed by atoms with E-state index in [2.05, 4.69) is 31.0 Å². The predicted molar refractivity (Wildman–Crippen MR) is 71.6 cm³/mol. The number of aliphatic hydroxyl groups excluding tert-OH is 1. The van der Waals surface area contributed by atoms with E-state index in [9.17, 15) is 5.11 Å². The second-order valence-corrected chi connectivity index (χ2v) is 4.60. The molecule has 0 spiro atoms. The van der Waals surface area contributed by atoms with Crippen LogP contribution < -0.4 is 5.32 Å². The van der Waals surface area contributed by atoms with Gasteiger partial charge in [-0.3, -0.25) is 0 Å². The zero-order chi connectivity index (χ0) is 12.7. The number of benzene rings is 1. The van der Waals surface area contributed by atoms with Crippen LogP contribution in [0.2, 0.25) is 0 Å². The molecule has 0 aliphatic carbocycles. The van der Waals surface area contributed by atoms with Crippen molar-refractivity contribution >= 4 is 0 Å². The summed E-state index contributed by atoms with van der Waals surface area (Å²) in [5.41, 5.74) is 0.936. The molecule has 1 aromatic carbocycles. The Morgan fingerprint density at radius 2 is 1.88 bits per heavy atom. The average molecular weight is 231 g/mol. The highest BCUT2D eigenvalue weighted by molar-refractivity contribution is 5.34. The molecule has 0 fully saturated rings. The third-order valence-corrected chi connectivity index (χ3v) is 2.62. The van der Waals surface area contributed by atoms with Crippen molar-refractivity contribution in [3.05, 3.63) is 35.9 Å². The predicted octanol–water partition coefficient (Wildman–Crippen LogP) is 2.03. The van der Waals surface area contributed by atoms with E-state index >= 15 is 0 Å². The monoisotopic (exact) mass is 231 g/mol. The molecule has 0 saturated heterocycles. The van der Waals surface area contributed by atoms with Crippen LogP contribution in [0.1, 0.15) is 25.8 Å². The summed E-state index contributed by atoms with van der Waals surface area (Å²) in [5, 5.41) is 13.1. The Morgan fingerprint density at radius 1 is 1.24 bits per heavy atom. The lowest BCUT2D eigenvalue weighted by Crippen LogP contribution is -2.37. The lowest BCUT2D eigenvalue weighted by atomic mass is 9.99. The molecule has 1 rings (SSSR count). The Bertz CT molecular complexity index is 375. The van der Waals surface area contributed by atoms with E-state index in [1.54, 1.807) is 0 Å². The molecule has 0 radical (unpaired) electrons. The van der Waals surface area contributed by atoms with Crippen LogP contribution >= 0.6 is 0 Å². The number of aliphatic hydroxyl groups is 1. The van der Waals surface area contributed by atoms with Gasteiger partial charge in [-0.1, -0.05) is 43.9 Å². The van der Waals surface area contributed by atoms with Crippen LogP contribution in [0, 0.1) is 17.8 Å². The highest BCUT2D eigenvalue weighted by Gasteiger charge is 2.15. The minimum absolute atomic E-state index is 0.0335. The van der Waals surface area contributed by atoms with Crippen molar-refractivity contribution < 1.29 is 5.11 Å². The van der Waals surface area contributed by atoms with Gasteiger partial charge in [-0.25, -0.2) is 0 Å². The standard InChI is InChI=1S/C15H21NO/c1-12(2)11-14(16-3)15(17)10-9-13-7-5-4-6-8-13/h4-8,12,14-17H,11H2,1-3H3/t14-,15?/m0/s1. The molecule has 1 aromatic rings. The zero-order valence-corrected chi connectivity index (χ0v) is 10.8. The normalized spacial score (nSPS) is 13.9. The minimum atomic E-state index is -0.623. The Balaban J connectivity index is 2.64. The molecule has 0 amide bonds. The number of hydrogen-bond acceptors (Lipinski definition) is 2. The summed E-state index contributed by atoms with van der Waals surface area (Å²) < 4.78 is 0. The van der Waals surface area contributed by atoms with Crippen LogP contribution in [0.5, 0.6) is 0 Å². The van der Waals surface area contributed by atoms with Crippen molar-refractivity contribution in [1.29, 1.82) is 0 Å². The van der Waals surface area contributed by atoms with Gasteiger partial charge < -0.3 is 10.4 Å². The fourth-order valence-electron chi connectivity index (χ4n) is 1.69. The second kappa shape index (κ2) is 7.11. The molecule has 2 nitrogen and oxygen atoms in total. The molecule has 17 heavy (non-hydrogen) atoms. The Kier molecular flexibility index (Phi) is 5.76. The van der Waals surface area contributed by atoms with Crippen molar-refractivity contribution in [1.82, 2.24) is 5.32 Å². The number of hydrogen-bond donors (Lipinski definition) is 2. The molecule has 0 saturated carbocycles. The maximum absolute atomic E-state index is 9.98. The SMILES string of the molecule is CN[C@@H](CC(C)C)C(O)C#Cc1ccccc1. The highest BCUT2D eigenvalue weighted by atomic mass is 16.3. The Hall–Kier alpha value is -1.30. The van der Waals surface area contributed by atoms with Gasteiger partial charge in [-0.15, -0.1) is 0 Å². The van der Waals surface area contributed by atoms with Gasteiger partial charge in [-0.2, -0.15) is 0 Å². The average Bonchev–Trinajstić information content (AvgIpc) is 2.34. The lowest BCUT2D eigenvalue weighted by Gasteiger charge is -2.20. The van der Waals surface area contributed by atoms with Crippen LogP contribution in [-0.2, 0) is 0 Å². The van der Waals surface area contributed by atoms with E-state index in [0.717, 1.165) is 12.0 Å². The van der Waals surface area contributed by atoms with E-state index in [-0.39, 0.29) is 6.04 Å². The molecule has 0 bridgehead atoms. The molecule has 2 heteroatoms. The molecule has 1 unspecified atom stereocenters. The first-order valence-electron chi connectivity index (χ1n) is 6.05. The van der Waals surface area contributed by atoms with E-state index in [0.29, 0.717) is 5.92 Å². The van der Waals surface area contributed by atoms with Crippen LogP contribution in [-0.4, -0.2) is 24.3 Å². The van der Waals surface area contributed by atoms with Gasteiger partial charge in [0.2, 0.25) is 0 Å². The van der Waals surface area contributed by atoms with Crippen molar-refractivity contribution in [3.63, 3.8) is 0 Å². The Morgan fingerprint density at radius 3 is 2.41 bits per heavy atom. The van der Waals surface area contributed by atoms with Crippen molar-refractivity contribution in [2.45, 2.75) is 32.4 Å². The van der Waals surface area contributed by atoms with Crippen molar-refractivity contribution in [2.75, 3.05) is 7.05 Å². The second-order valence-electron chi connectivity index (χ2n) is 4.60. The number of rotatable bonds is 4. The molecule has 2 N–H and O–H groups in total. The molecule has 0 aromatic heterocycles. The zero-order valence-electron chi connectivity index (χ0n) is 10.8. The molecular weight excluding hydrogens is 210 g/mol. The first-order valence-corrected chi connectivity index (χ1v) is 6.05. The first kappa shape index (κ1) is 13.8. The van der Waals surface area contributed by atoms with Gasteiger partial charge in [-0.05, 0) is 31.5 Å². The fourth-order valence-corrected chi connectivity index (χ4v) is 1.69. The number of likely N-dealkylation sites (N-methyl/N-ethyl adjacent to an activating group) is 1. The van der Waals surface area contributed by atoms with Gasteiger partial charge in [0.05, 0.1) is 0 Å². The van der Waals surface area contributed by atoms with E-state index in [4.69, 9.17) is 0 Å². The van der Waals surface area contributed by atoms with E-state index in [1.807, 2.05) is 37.4 Å². The maximum Gasteiger partial charge on any atom is 0.130 e. The maximum atomic E-state index is 9.98. The van der Waals surface area contributed by atoms with Gasteiger partial charge in [0.25, 0.3) is 0 Å². The smallest absolute Gasteiger partial charge is 0.130 e. The van der Waals surface area contributed by atoms with Crippen molar-refractivity contribution in [3.8, 4) is 11.8 Å². The molecule has 2 atom stereocenters. The molecule has 0 aliphatic rings. The van der Waals surface area contributed by atoms with Gasteiger partial charge in [0.1, 0.15) is 6.10 Å². The Labute approximate surface area is 104 Å². The third kappa shape index (κ3) is 5.04. The van der Waals surface area contributed by atoms with Gasteiger partial charge in [0, 0.05) is 11.6 Å². The summed E-state index contributed by atoms with van der Waals surface area (Å²) in [6, 6.07) is 9.76. The van der Waals surface area contributed by atoms with Crippen molar-refractivity contribution in [2.24, 2.45) is 5.92 Å². The van der Waals surface area contributed by atoms with E-state index < -0.39 is 6.10 Å². The van der Waals surface area contributed by atoms with Gasteiger partial charge >= 0.3 is 0 Å². The summed E-state index contributed by atoms with van der Waals surface area (Å²) in [7, 11) is 1.86. The van der Waals surface area contributed by atoms with Crippen LogP contribution in [0.15, 0.2) is 30.3 Å². The van der Waals surface area contributed by atoms with Crippen LogP contribution in [0.3, 0.4) is 0 Å².